The maximum Gasteiger partial charge on any atom is 0.240 e. The van der Waals surface area contributed by atoms with Crippen LogP contribution in [-0.2, 0) is 10.0 Å². The van der Waals surface area contributed by atoms with Crippen molar-refractivity contribution in [3.05, 3.63) is 22.7 Å². The molecule has 1 aromatic carbocycles. The van der Waals surface area contributed by atoms with Crippen LogP contribution < -0.4 is 10.5 Å². The first-order valence-corrected chi connectivity index (χ1v) is 9.04. The van der Waals surface area contributed by atoms with Gasteiger partial charge in [0, 0.05) is 16.7 Å². The van der Waals surface area contributed by atoms with Crippen molar-refractivity contribution < 1.29 is 8.42 Å². The quantitative estimate of drug-likeness (QED) is 0.815. The maximum atomic E-state index is 12.1. The molecule has 18 heavy (non-hydrogen) atoms. The highest BCUT2D eigenvalue weighted by Gasteiger charge is 2.20. The molecule has 3 N–H and O–H groups in total. The van der Waals surface area contributed by atoms with Crippen molar-refractivity contribution in [2.24, 2.45) is 5.92 Å². The molecule has 1 aromatic rings. The first-order chi connectivity index (χ1) is 8.49. The molecular weight excluding hydrogens is 336 g/mol. The molecule has 100 valence electrons. The molecule has 7 heteroatoms. The molecule has 1 atom stereocenters. The Labute approximate surface area is 120 Å². The van der Waals surface area contributed by atoms with E-state index in [1.165, 1.54) is 12.1 Å². The zero-order valence-corrected chi connectivity index (χ0v) is 12.9. The minimum absolute atomic E-state index is 0.245. The molecule has 1 aliphatic rings. The summed E-state index contributed by atoms with van der Waals surface area (Å²) in [7, 11) is -3.43. The molecule has 1 unspecified atom stereocenters. The second kappa shape index (κ2) is 5.81. The van der Waals surface area contributed by atoms with E-state index < -0.39 is 10.0 Å². The van der Waals surface area contributed by atoms with Gasteiger partial charge < -0.3 is 5.73 Å². The predicted molar refractivity (Wildman–Crippen MR) is 79.2 cm³/mol. The highest BCUT2D eigenvalue weighted by atomic mass is 79.9. The molecule has 0 radical (unpaired) electrons. The van der Waals surface area contributed by atoms with Crippen LogP contribution in [0.4, 0.5) is 5.69 Å². The van der Waals surface area contributed by atoms with Crippen molar-refractivity contribution in [1.82, 2.24) is 4.72 Å². The van der Waals surface area contributed by atoms with E-state index >= 15 is 0 Å². The van der Waals surface area contributed by atoms with Gasteiger partial charge in [-0.3, -0.25) is 0 Å². The van der Waals surface area contributed by atoms with Gasteiger partial charge in [0.15, 0.2) is 0 Å². The van der Waals surface area contributed by atoms with Crippen LogP contribution in [0.1, 0.15) is 6.42 Å². The van der Waals surface area contributed by atoms with E-state index in [-0.39, 0.29) is 4.90 Å². The number of hydrogen-bond donors (Lipinski definition) is 2. The van der Waals surface area contributed by atoms with Gasteiger partial charge in [0.05, 0.1) is 4.90 Å². The van der Waals surface area contributed by atoms with Crippen LogP contribution in [0.5, 0.6) is 0 Å². The highest BCUT2D eigenvalue weighted by Crippen LogP contribution is 2.25. The number of nitrogens with one attached hydrogen (secondary N) is 1. The standard InChI is InChI=1S/C11H15BrN2O2S2/c12-10-5-9(1-2-11(10)13)18(15,16)14-6-8-3-4-17-7-8/h1-2,5,8,14H,3-4,6-7,13H2. The van der Waals surface area contributed by atoms with Crippen LogP contribution >= 0.6 is 27.7 Å². The lowest BCUT2D eigenvalue weighted by molar-refractivity contribution is 0.546. The van der Waals surface area contributed by atoms with Crippen molar-refractivity contribution >= 4 is 43.4 Å². The lowest BCUT2D eigenvalue weighted by Crippen LogP contribution is -2.29. The number of nitrogens with two attached hydrogens (primary N) is 1. The average molecular weight is 351 g/mol. The monoisotopic (exact) mass is 350 g/mol. The molecule has 1 saturated heterocycles. The second-order valence-electron chi connectivity index (χ2n) is 4.26. The number of benzene rings is 1. The SMILES string of the molecule is Nc1ccc(S(=O)(=O)NCC2CCSC2)cc1Br. The summed E-state index contributed by atoms with van der Waals surface area (Å²) in [5.41, 5.74) is 6.17. The Morgan fingerprint density at radius 1 is 1.50 bits per heavy atom. The zero-order valence-electron chi connectivity index (χ0n) is 9.73. The molecule has 2 rings (SSSR count). The minimum Gasteiger partial charge on any atom is -0.398 e. The fourth-order valence-electron chi connectivity index (χ4n) is 1.73. The topological polar surface area (TPSA) is 72.2 Å². The first kappa shape index (κ1) is 14.2. The van der Waals surface area contributed by atoms with Gasteiger partial charge in [0.1, 0.15) is 0 Å². The Morgan fingerprint density at radius 2 is 2.28 bits per heavy atom. The third-order valence-corrected chi connectivity index (χ3v) is 6.21. The lowest BCUT2D eigenvalue weighted by atomic mass is 10.1. The van der Waals surface area contributed by atoms with Crippen LogP contribution in [0, 0.1) is 5.92 Å². The Morgan fingerprint density at radius 3 is 2.89 bits per heavy atom. The number of anilines is 1. The molecule has 1 aliphatic heterocycles. The third-order valence-electron chi connectivity index (χ3n) is 2.87. The number of hydrogen-bond acceptors (Lipinski definition) is 4. The van der Waals surface area contributed by atoms with E-state index in [4.69, 9.17) is 5.73 Å². The second-order valence-corrected chi connectivity index (χ2v) is 8.04. The molecule has 0 saturated carbocycles. The number of nitrogen functional groups attached to an aromatic ring is 1. The summed E-state index contributed by atoms with van der Waals surface area (Å²) < 4.78 is 27.4. The molecule has 0 aliphatic carbocycles. The summed E-state index contributed by atoms with van der Waals surface area (Å²) >= 11 is 5.11. The number of halogens is 1. The average Bonchev–Trinajstić information content (AvgIpc) is 2.83. The van der Waals surface area contributed by atoms with E-state index in [9.17, 15) is 8.42 Å². The number of rotatable bonds is 4. The molecule has 1 heterocycles. The van der Waals surface area contributed by atoms with Crippen LogP contribution in [-0.4, -0.2) is 26.5 Å². The van der Waals surface area contributed by atoms with E-state index in [0.717, 1.165) is 17.9 Å². The molecule has 0 amide bonds. The van der Waals surface area contributed by atoms with Gasteiger partial charge in [0.2, 0.25) is 10.0 Å². The van der Waals surface area contributed by atoms with Crippen molar-refractivity contribution in [2.75, 3.05) is 23.8 Å². The molecular formula is C11H15BrN2O2S2. The van der Waals surface area contributed by atoms with Crippen LogP contribution in [0.2, 0.25) is 0 Å². The maximum absolute atomic E-state index is 12.1. The summed E-state index contributed by atoms with van der Waals surface area (Å²) in [6, 6.07) is 4.64. The molecule has 4 nitrogen and oxygen atoms in total. The molecule has 0 aromatic heterocycles. The molecule has 0 spiro atoms. The predicted octanol–water partition coefficient (Wildman–Crippen LogP) is 2.06. The van der Waals surface area contributed by atoms with Crippen molar-refractivity contribution in [3.63, 3.8) is 0 Å². The van der Waals surface area contributed by atoms with Gasteiger partial charge in [-0.2, -0.15) is 11.8 Å². The molecule has 1 fully saturated rings. The third kappa shape index (κ3) is 3.40. The van der Waals surface area contributed by atoms with E-state index in [2.05, 4.69) is 20.7 Å². The number of thioether (sulfide) groups is 1. The van der Waals surface area contributed by atoms with Gasteiger partial charge in [0.25, 0.3) is 0 Å². The van der Waals surface area contributed by atoms with Crippen molar-refractivity contribution in [2.45, 2.75) is 11.3 Å². The Hall–Kier alpha value is -0.240. The van der Waals surface area contributed by atoms with E-state index in [0.29, 0.717) is 22.6 Å². The Bertz CT molecular complexity index is 528. The summed E-state index contributed by atoms with van der Waals surface area (Å²) in [6.45, 7) is 0.511. The van der Waals surface area contributed by atoms with Gasteiger partial charge in [-0.05, 0) is 58.0 Å². The van der Waals surface area contributed by atoms with E-state index in [1.54, 1.807) is 6.07 Å². The molecule has 0 bridgehead atoms. The zero-order chi connectivity index (χ0) is 13.2. The van der Waals surface area contributed by atoms with Gasteiger partial charge in [-0.25, -0.2) is 13.1 Å². The van der Waals surface area contributed by atoms with Crippen LogP contribution in [0.25, 0.3) is 0 Å². The highest BCUT2D eigenvalue weighted by molar-refractivity contribution is 9.10. The van der Waals surface area contributed by atoms with Gasteiger partial charge in [-0.1, -0.05) is 0 Å². The number of sulfonamides is 1. The minimum atomic E-state index is -3.43. The Balaban J connectivity index is 2.07. The van der Waals surface area contributed by atoms with Gasteiger partial charge >= 0.3 is 0 Å². The fraction of sp³-hybridized carbons (Fsp3) is 0.455. The van der Waals surface area contributed by atoms with Crippen LogP contribution in [0.3, 0.4) is 0 Å². The summed E-state index contributed by atoms with van der Waals surface area (Å²) in [4.78, 5) is 0.245. The smallest absolute Gasteiger partial charge is 0.240 e. The van der Waals surface area contributed by atoms with Crippen molar-refractivity contribution in [3.8, 4) is 0 Å². The summed E-state index contributed by atoms with van der Waals surface area (Å²) in [5.74, 6) is 2.61. The van der Waals surface area contributed by atoms with Crippen LogP contribution in [0.15, 0.2) is 27.6 Å². The van der Waals surface area contributed by atoms with Crippen molar-refractivity contribution in [1.29, 1.82) is 0 Å². The normalized spacial score (nSPS) is 20.2. The Kier molecular flexibility index (Phi) is 4.58. The van der Waals surface area contributed by atoms with Gasteiger partial charge in [-0.15, -0.1) is 0 Å². The van der Waals surface area contributed by atoms with E-state index in [1.807, 2.05) is 11.8 Å². The summed E-state index contributed by atoms with van der Waals surface area (Å²) in [6.07, 6.45) is 1.08. The lowest BCUT2D eigenvalue weighted by Gasteiger charge is -2.11. The fourth-order valence-corrected chi connectivity index (χ4v) is 4.69. The summed E-state index contributed by atoms with van der Waals surface area (Å²) in [5, 5.41) is 0. The first-order valence-electron chi connectivity index (χ1n) is 5.61. The largest absolute Gasteiger partial charge is 0.398 e.